The average Bonchev–Trinajstić information content (AvgIpc) is 2.90. The highest BCUT2D eigenvalue weighted by Gasteiger charge is 2.08. The molecule has 0 amide bonds. The quantitative estimate of drug-likeness (QED) is 0.473. The van der Waals surface area contributed by atoms with Crippen LogP contribution in [0.15, 0.2) is 60.8 Å². The first-order chi connectivity index (χ1) is 9.42. The lowest BCUT2D eigenvalue weighted by Gasteiger charge is -2.02. The molecule has 89 valence electrons. The molecule has 4 aromatic rings. The molecule has 0 aliphatic rings. The molecule has 0 fully saturated rings. The third-order valence-electron chi connectivity index (χ3n) is 3.25. The summed E-state index contributed by atoms with van der Waals surface area (Å²) < 4.78 is 1.30. The number of hydrogen-bond donors (Lipinski definition) is 0. The summed E-state index contributed by atoms with van der Waals surface area (Å²) in [7, 11) is 0. The minimum atomic E-state index is 1.05. The maximum absolute atomic E-state index is 4.53. The van der Waals surface area contributed by atoms with E-state index in [1.54, 1.807) is 17.5 Å². The van der Waals surface area contributed by atoms with E-state index in [0.717, 1.165) is 16.5 Å². The molecule has 0 saturated carbocycles. The van der Waals surface area contributed by atoms with E-state index < -0.39 is 0 Å². The first kappa shape index (κ1) is 10.7. The lowest BCUT2D eigenvalue weighted by molar-refractivity contribution is 1.37. The van der Waals surface area contributed by atoms with Crippen molar-refractivity contribution in [3.8, 4) is 10.6 Å². The van der Waals surface area contributed by atoms with Crippen molar-refractivity contribution >= 4 is 32.2 Å². The van der Waals surface area contributed by atoms with E-state index >= 15 is 0 Å². The van der Waals surface area contributed by atoms with Gasteiger partial charge in [0.2, 0.25) is 0 Å². The predicted molar refractivity (Wildman–Crippen MR) is 81.4 cm³/mol. The average molecular weight is 260 g/mol. The third kappa shape index (κ3) is 1.72. The largest absolute Gasteiger partial charge is 0.254 e. The molecule has 1 radical (unpaired) electrons. The van der Waals surface area contributed by atoms with Crippen LogP contribution in [0.3, 0.4) is 0 Å². The Morgan fingerprint density at radius 1 is 0.947 bits per heavy atom. The van der Waals surface area contributed by atoms with Crippen LogP contribution < -0.4 is 0 Å². The first-order valence-corrected chi connectivity index (χ1v) is 6.98. The van der Waals surface area contributed by atoms with Crippen LogP contribution in [0.1, 0.15) is 0 Å². The van der Waals surface area contributed by atoms with Gasteiger partial charge in [-0.2, -0.15) is 0 Å². The Balaban J connectivity index is 2.03. The SMILES string of the molecule is [c]1cnc(-c2cc3ccccc3s2)c2ccccc12. The Morgan fingerprint density at radius 2 is 1.79 bits per heavy atom. The first-order valence-electron chi connectivity index (χ1n) is 6.16. The van der Waals surface area contributed by atoms with E-state index in [2.05, 4.69) is 59.6 Å². The van der Waals surface area contributed by atoms with Crippen LogP contribution >= 0.6 is 11.3 Å². The zero-order chi connectivity index (χ0) is 12.7. The highest BCUT2D eigenvalue weighted by Crippen LogP contribution is 2.35. The number of benzene rings is 2. The summed E-state index contributed by atoms with van der Waals surface area (Å²) in [4.78, 5) is 5.74. The van der Waals surface area contributed by atoms with Crippen molar-refractivity contribution in [3.05, 3.63) is 66.9 Å². The molecule has 0 unspecified atom stereocenters. The van der Waals surface area contributed by atoms with Crippen LogP contribution in [0.4, 0.5) is 0 Å². The molecular formula is C17H10NS. The van der Waals surface area contributed by atoms with Gasteiger partial charge in [-0.15, -0.1) is 11.3 Å². The fourth-order valence-electron chi connectivity index (χ4n) is 2.35. The van der Waals surface area contributed by atoms with E-state index in [0.29, 0.717) is 0 Å². The number of fused-ring (bicyclic) bond motifs is 2. The molecule has 2 heterocycles. The van der Waals surface area contributed by atoms with Gasteiger partial charge in [0, 0.05) is 22.3 Å². The van der Waals surface area contributed by atoms with E-state index in [9.17, 15) is 0 Å². The van der Waals surface area contributed by atoms with Gasteiger partial charge in [-0.25, -0.2) is 0 Å². The molecule has 0 spiro atoms. The van der Waals surface area contributed by atoms with Gasteiger partial charge in [0.05, 0.1) is 10.6 Å². The molecule has 0 bridgehead atoms. The molecule has 2 heteroatoms. The molecule has 0 aliphatic heterocycles. The summed E-state index contributed by atoms with van der Waals surface area (Å²) in [5, 5.41) is 3.56. The molecule has 19 heavy (non-hydrogen) atoms. The van der Waals surface area contributed by atoms with Crippen LogP contribution in [-0.2, 0) is 0 Å². The topological polar surface area (TPSA) is 12.9 Å². The predicted octanol–water partition coefficient (Wildman–Crippen LogP) is 4.92. The van der Waals surface area contributed by atoms with Crippen LogP contribution in [0.2, 0.25) is 0 Å². The van der Waals surface area contributed by atoms with Gasteiger partial charge in [-0.05, 0) is 22.9 Å². The standard InChI is InChI=1S/C17H10NS/c1-3-7-14-12(5-1)9-10-18-17(14)16-11-13-6-2-4-8-15(13)19-16/h1-8,10-11H. The monoisotopic (exact) mass is 260 g/mol. The molecule has 0 N–H and O–H groups in total. The Bertz CT molecular complexity index is 838. The Kier molecular flexibility index (Phi) is 2.35. The Labute approximate surface area is 115 Å². The van der Waals surface area contributed by atoms with Crippen molar-refractivity contribution in [3.63, 3.8) is 0 Å². The second kappa shape index (κ2) is 4.18. The maximum atomic E-state index is 4.53. The van der Waals surface area contributed by atoms with Gasteiger partial charge in [-0.1, -0.05) is 42.5 Å². The second-order valence-electron chi connectivity index (χ2n) is 4.45. The Hall–Kier alpha value is -2.19. The van der Waals surface area contributed by atoms with Gasteiger partial charge in [0.25, 0.3) is 0 Å². The van der Waals surface area contributed by atoms with Crippen molar-refractivity contribution in [1.82, 2.24) is 4.98 Å². The van der Waals surface area contributed by atoms with Crippen LogP contribution in [0.5, 0.6) is 0 Å². The summed E-state index contributed by atoms with van der Waals surface area (Å²) in [6, 6.07) is 22.1. The van der Waals surface area contributed by atoms with Crippen LogP contribution in [-0.4, -0.2) is 4.98 Å². The van der Waals surface area contributed by atoms with E-state index in [1.165, 1.54) is 15.0 Å². The van der Waals surface area contributed by atoms with Gasteiger partial charge < -0.3 is 0 Å². The van der Waals surface area contributed by atoms with Crippen molar-refractivity contribution in [1.29, 1.82) is 0 Å². The summed E-state index contributed by atoms with van der Waals surface area (Å²) in [6.07, 6.45) is 1.77. The summed E-state index contributed by atoms with van der Waals surface area (Å²) in [6.45, 7) is 0. The molecule has 1 nitrogen and oxygen atoms in total. The zero-order valence-electron chi connectivity index (χ0n) is 10.1. The number of rotatable bonds is 1. The number of pyridine rings is 1. The summed E-state index contributed by atoms with van der Waals surface area (Å²) in [5.74, 6) is 0. The van der Waals surface area contributed by atoms with Crippen molar-refractivity contribution in [2.45, 2.75) is 0 Å². The minimum Gasteiger partial charge on any atom is -0.254 e. The summed E-state index contributed by atoms with van der Waals surface area (Å²) >= 11 is 1.79. The van der Waals surface area contributed by atoms with Crippen molar-refractivity contribution in [2.24, 2.45) is 0 Å². The summed E-state index contributed by atoms with van der Waals surface area (Å²) in [5.41, 5.74) is 1.05. The molecule has 0 saturated heterocycles. The van der Waals surface area contributed by atoms with Crippen molar-refractivity contribution in [2.75, 3.05) is 0 Å². The Morgan fingerprint density at radius 3 is 2.74 bits per heavy atom. The maximum Gasteiger partial charge on any atom is 0.0880 e. The van der Waals surface area contributed by atoms with Gasteiger partial charge >= 0.3 is 0 Å². The van der Waals surface area contributed by atoms with E-state index in [4.69, 9.17) is 0 Å². The van der Waals surface area contributed by atoms with Crippen LogP contribution in [0.25, 0.3) is 31.4 Å². The van der Waals surface area contributed by atoms with Crippen LogP contribution in [0, 0.1) is 6.07 Å². The fraction of sp³-hybridized carbons (Fsp3) is 0. The number of nitrogens with zero attached hydrogens (tertiary/aromatic N) is 1. The molecule has 2 aromatic carbocycles. The van der Waals surface area contributed by atoms with Gasteiger partial charge in [0.15, 0.2) is 0 Å². The second-order valence-corrected chi connectivity index (χ2v) is 5.53. The molecule has 0 atom stereocenters. The molecule has 4 rings (SSSR count). The lowest BCUT2D eigenvalue weighted by Crippen LogP contribution is -1.82. The zero-order valence-corrected chi connectivity index (χ0v) is 10.9. The number of hydrogen-bond acceptors (Lipinski definition) is 2. The van der Waals surface area contributed by atoms with Crippen molar-refractivity contribution < 1.29 is 0 Å². The van der Waals surface area contributed by atoms with Gasteiger partial charge in [0.1, 0.15) is 0 Å². The minimum absolute atomic E-state index is 1.05. The van der Waals surface area contributed by atoms with E-state index in [-0.39, 0.29) is 0 Å². The van der Waals surface area contributed by atoms with E-state index in [1.807, 2.05) is 6.07 Å². The van der Waals surface area contributed by atoms with Gasteiger partial charge in [-0.3, -0.25) is 4.98 Å². The highest BCUT2D eigenvalue weighted by atomic mass is 32.1. The smallest absolute Gasteiger partial charge is 0.0880 e. The normalized spacial score (nSPS) is 11.2. The lowest BCUT2D eigenvalue weighted by atomic mass is 10.1. The number of aromatic nitrogens is 1. The molecule has 0 aliphatic carbocycles. The third-order valence-corrected chi connectivity index (χ3v) is 4.38. The highest BCUT2D eigenvalue weighted by molar-refractivity contribution is 7.22. The fourth-order valence-corrected chi connectivity index (χ4v) is 3.42. The molecule has 2 aromatic heterocycles. The number of thiophene rings is 1. The molecular weight excluding hydrogens is 250 g/mol.